The zero-order valence-corrected chi connectivity index (χ0v) is 15.2. The molecule has 3 aromatic carbocycles. The van der Waals surface area contributed by atoms with Crippen molar-refractivity contribution >= 4 is 29.1 Å². The van der Waals surface area contributed by atoms with Crippen molar-refractivity contribution < 1.29 is 9.59 Å². The van der Waals surface area contributed by atoms with E-state index in [0.29, 0.717) is 22.8 Å². The molecular formula is C22H17ClN2O2. The third-order valence-electron chi connectivity index (χ3n) is 4.66. The molecule has 0 saturated heterocycles. The fourth-order valence-electron chi connectivity index (χ4n) is 3.36. The van der Waals surface area contributed by atoms with Gasteiger partial charge >= 0.3 is 0 Å². The van der Waals surface area contributed by atoms with Crippen molar-refractivity contribution in [3.8, 4) is 0 Å². The maximum atomic E-state index is 13.2. The van der Waals surface area contributed by atoms with E-state index in [1.807, 2.05) is 48.5 Å². The van der Waals surface area contributed by atoms with Gasteiger partial charge in [0, 0.05) is 12.1 Å². The fourth-order valence-corrected chi connectivity index (χ4v) is 3.54. The first kappa shape index (κ1) is 17.3. The molecule has 5 heteroatoms. The van der Waals surface area contributed by atoms with Gasteiger partial charge in [0.25, 0.3) is 11.8 Å². The Hall–Kier alpha value is -3.11. The summed E-state index contributed by atoms with van der Waals surface area (Å²) in [6, 6.07) is 23.1. The molecule has 4 nitrogen and oxygen atoms in total. The van der Waals surface area contributed by atoms with Crippen LogP contribution in [0.15, 0.2) is 78.9 Å². The minimum Gasteiger partial charge on any atom is -0.323 e. The summed E-state index contributed by atoms with van der Waals surface area (Å²) in [5.74, 6) is -0.441. The molecule has 0 aliphatic carbocycles. The third-order valence-corrected chi connectivity index (χ3v) is 4.99. The maximum absolute atomic E-state index is 13.2. The molecular weight excluding hydrogens is 360 g/mol. The highest BCUT2D eigenvalue weighted by molar-refractivity contribution is 6.33. The first-order valence-corrected chi connectivity index (χ1v) is 9.02. The van der Waals surface area contributed by atoms with Crippen LogP contribution in [0.5, 0.6) is 0 Å². The number of hydrogen-bond acceptors (Lipinski definition) is 2. The molecule has 4 rings (SSSR count). The van der Waals surface area contributed by atoms with Crippen LogP contribution in [0.4, 0.5) is 5.69 Å². The molecule has 1 atom stereocenters. The Balaban J connectivity index is 1.70. The zero-order chi connectivity index (χ0) is 18.8. The molecule has 0 saturated carbocycles. The topological polar surface area (TPSA) is 49.4 Å². The van der Waals surface area contributed by atoms with Crippen molar-refractivity contribution in [3.63, 3.8) is 0 Å². The van der Waals surface area contributed by atoms with Crippen LogP contribution in [0.1, 0.15) is 27.5 Å². The second-order valence-corrected chi connectivity index (χ2v) is 6.78. The van der Waals surface area contributed by atoms with Gasteiger partial charge in [0.2, 0.25) is 0 Å². The van der Waals surface area contributed by atoms with Gasteiger partial charge in [-0.2, -0.15) is 0 Å². The van der Waals surface area contributed by atoms with Gasteiger partial charge in [0.05, 0.1) is 10.7 Å². The molecule has 0 aromatic heterocycles. The van der Waals surface area contributed by atoms with Gasteiger partial charge in [-0.3, -0.25) is 9.59 Å². The molecule has 0 spiro atoms. The number of nitrogens with zero attached hydrogens (tertiary/aromatic N) is 1. The lowest BCUT2D eigenvalue weighted by Crippen LogP contribution is -2.37. The van der Waals surface area contributed by atoms with E-state index in [1.165, 1.54) is 0 Å². The molecule has 3 aromatic rings. The summed E-state index contributed by atoms with van der Waals surface area (Å²) >= 11 is 6.19. The highest BCUT2D eigenvalue weighted by Gasteiger charge is 2.37. The Morgan fingerprint density at radius 1 is 0.926 bits per heavy atom. The van der Waals surface area contributed by atoms with Crippen LogP contribution in [0, 0.1) is 0 Å². The summed E-state index contributed by atoms with van der Waals surface area (Å²) in [6.45, 7) is 0.393. The number of benzene rings is 3. The highest BCUT2D eigenvalue weighted by atomic mass is 35.5. The number of fused-ring (bicyclic) bond motifs is 1. The van der Waals surface area contributed by atoms with E-state index in [0.717, 1.165) is 11.1 Å². The molecule has 0 radical (unpaired) electrons. The number of anilines is 1. The maximum Gasteiger partial charge on any atom is 0.255 e. The number of carbonyl (C=O) groups is 2. The van der Waals surface area contributed by atoms with E-state index in [9.17, 15) is 9.59 Å². The van der Waals surface area contributed by atoms with Gasteiger partial charge in [-0.15, -0.1) is 0 Å². The fraction of sp³-hybridized carbons (Fsp3) is 0.0909. The zero-order valence-electron chi connectivity index (χ0n) is 14.4. The normalized spacial score (nSPS) is 14.0. The van der Waals surface area contributed by atoms with Gasteiger partial charge in [0.1, 0.15) is 6.04 Å². The minimum absolute atomic E-state index is 0.145. The molecule has 0 bridgehead atoms. The Labute approximate surface area is 162 Å². The summed E-state index contributed by atoms with van der Waals surface area (Å²) < 4.78 is 0. The van der Waals surface area contributed by atoms with Crippen LogP contribution in [0.3, 0.4) is 0 Å². The van der Waals surface area contributed by atoms with Crippen LogP contribution in [-0.2, 0) is 11.3 Å². The average Bonchev–Trinajstić information content (AvgIpc) is 3.01. The lowest BCUT2D eigenvalue weighted by atomic mass is 10.0. The SMILES string of the molecule is O=C(Nc1ccccc1Cl)C(c1ccccc1)N1Cc2ccccc2C1=O. The van der Waals surface area contributed by atoms with Crippen molar-refractivity contribution in [3.05, 3.63) is 101 Å². The summed E-state index contributed by atoms with van der Waals surface area (Å²) in [5, 5.41) is 3.32. The largest absolute Gasteiger partial charge is 0.323 e. The first-order chi connectivity index (χ1) is 13.1. The van der Waals surface area contributed by atoms with Crippen LogP contribution in [-0.4, -0.2) is 16.7 Å². The number of hydrogen-bond donors (Lipinski definition) is 1. The molecule has 1 unspecified atom stereocenters. The number of para-hydroxylation sites is 1. The van der Waals surface area contributed by atoms with Gasteiger partial charge in [-0.1, -0.05) is 72.3 Å². The van der Waals surface area contributed by atoms with Crippen molar-refractivity contribution in [1.82, 2.24) is 4.90 Å². The Bertz CT molecular complexity index is 1000. The van der Waals surface area contributed by atoms with E-state index in [1.54, 1.807) is 35.2 Å². The van der Waals surface area contributed by atoms with Gasteiger partial charge < -0.3 is 10.2 Å². The van der Waals surface area contributed by atoms with Gasteiger partial charge in [-0.25, -0.2) is 0 Å². The van der Waals surface area contributed by atoms with E-state index in [4.69, 9.17) is 11.6 Å². The summed E-state index contributed by atoms with van der Waals surface area (Å²) in [5.41, 5.74) is 2.84. The highest BCUT2D eigenvalue weighted by Crippen LogP contribution is 2.33. The van der Waals surface area contributed by atoms with Crippen LogP contribution in [0.2, 0.25) is 5.02 Å². The molecule has 1 aliphatic heterocycles. The number of amides is 2. The van der Waals surface area contributed by atoms with E-state index in [-0.39, 0.29) is 11.8 Å². The monoisotopic (exact) mass is 376 g/mol. The Morgan fingerprint density at radius 2 is 1.59 bits per heavy atom. The average molecular weight is 377 g/mol. The molecule has 2 amide bonds. The van der Waals surface area contributed by atoms with Gasteiger partial charge in [0.15, 0.2) is 0 Å². The van der Waals surface area contributed by atoms with E-state index >= 15 is 0 Å². The van der Waals surface area contributed by atoms with Crippen molar-refractivity contribution in [2.24, 2.45) is 0 Å². The van der Waals surface area contributed by atoms with Crippen molar-refractivity contribution in [1.29, 1.82) is 0 Å². The predicted molar refractivity (Wildman–Crippen MR) is 106 cm³/mol. The molecule has 1 aliphatic rings. The van der Waals surface area contributed by atoms with Crippen molar-refractivity contribution in [2.45, 2.75) is 12.6 Å². The lowest BCUT2D eigenvalue weighted by molar-refractivity contribution is -0.120. The Morgan fingerprint density at radius 3 is 2.33 bits per heavy atom. The quantitative estimate of drug-likeness (QED) is 0.719. The molecule has 27 heavy (non-hydrogen) atoms. The number of carbonyl (C=O) groups excluding carboxylic acids is 2. The molecule has 1 N–H and O–H groups in total. The summed E-state index contributed by atoms with van der Waals surface area (Å²) in [6.07, 6.45) is 0. The van der Waals surface area contributed by atoms with Crippen LogP contribution >= 0.6 is 11.6 Å². The second kappa shape index (κ2) is 7.25. The number of halogens is 1. The number of nitrogens with one attached hydrogen (secondary N) is 1. The van der Waals surface area contributed by atoms with Gasteiger partial charge in [-0.05, 0) is 29.3 Å². The third kappa shape index (κ3) is 3.32. The minimum atomic E-state index is -0.748. The lowest BCUT2D eigenvalue weighted by Gasteiger charge is -2.27. The standard InChI is InChI=1S/C22H17ClN2O2/c23-18-12-6-7-13-19(18)24-21(26)20(15-8-2-1-3-9-15)25-14-16-10-4-5-11-17(16)22(25)27/h1-13,20H,14H2,(H,24,26). The molecule has 134 valence electrons. The Kier molecular flexibility index (Phi) is 4.65. The first-order valence-electron chi connectivity index (χ1n) is 8.64. The van der Waals surface area contributed by atoms with E-state index < -0.39 is 6.04 Å². The smallest absolute Gasteiger partial charge is 0.255 e. The molecule has 0 fully saturated rings. The number of rotatable bonds is 4. The summed E-state index contributed by atoms with van der Waals surface area (Å²) in [7, 11) is 0. The van der Waals surface area contributed by atoms with Crippen LogP contribution in [0.25, 0.3) is 0 Å². The predicted octanol–water partition coefficient (Wildman–Crippen LogP) is 4.68. The second-order valence-electron chi connectivity index (χ2n) is 6.37. The van der Waals surface area contributed by atoms with Crippen molar-refractivity contribution in [2.75, 3.05) is 5.32 Å². The molecule has 1 heterocycles. The van der Waals surface area contributed by atoms with E-state index in [2.05, 4.69) is 5.32 Å². The summed E-state index contributed by atoms with van der Waals surface area (Å²) in [4.78, 5) is 27.7. The van der Waals surface area contributed by atoms with Crippen LogP contribution < -0.4 is 5.32 Å².